The van der Waals surface area contributed by atoms with Gasteiger partial charge < -0.3 is 9.26 Å². The van der Waals surface area contributed by atoms with Gasteiger partial charge in [-0.05, 0) is 43.2 Å². The highest BCUT2D eigenvalue weighted by Crippen LogP contribution is 2.51. The lowest BCUT2D eigenvalue weighted by molar-refractivity contribution is -0.137. The number of benzene rings is 2. The summed E-state index contributed by atoms with van der Waals surface area (Å²) in [5, 5.41) is 9.21. The molecule has 0 aliphatic heterocycles. The lowest BCUT2D eigenvalue weighted by atomic mass is 10.1. The number of hydrogen-bond donors (Lipinski definition) is 0. The molecule has 7 heteroatoms. The summed E-state index contributed by atoms with van der Waals surface area (Å²) < 4.78 is 29.2. The van der Waals surface area contributed by atoms with Crippen molar-refractivity contribution in [2.24, 2.45) is 0 Å². The molecule has 0 bridgehead atoms. The van der Waals surface area contributed by atoms with Gasteiger partial charge in [-0.3, -0.25) is 4.52 Å². The Morgan fingerprint density at radius 3 is 2.64 bits per heavy atom. The predicted octanol–water partition coefficient (Wildman–Crippen LogP) is 4.94. The van der Waals surface area contributed by atoms with E-state index in [2.05, 4.69) is 0 Å². The van der Waals surface area contributed by atoms with E-state index in [1.807, 2.05) is 12.1 Å². The molecule has 0 N–H and O–H groups in total. The Morgan fingerprint density at radius 2 is 1.93 bits per heavy atom. The quantitative estimate of drug-likeness (QED) is 0.337. The van der Waals surface area contributed by atoms with Gasteiger partial charge in [-0.2, -0.15) is 5.26 Å². The molecule has 2 aromatic carbocycles. The van der Waals surface area contributed by atoms with Crippen LogP contribution in [0.25, 0.3) is 6.08 Å². The zero-order valence-corrected chi connectivity index (χ0v) is 16.7. The van der Waals surface area contributed by atoms with Crippen molar-refractivity contribution in [1.82, 2.24) is 0 Å². The van der Waals surface area contributed by atoms with Crippen LogP contribution in [-0.4, -0.2) is 19.2 Å². The number of carbonyl (C=O) groups excluding carboxylic acids is 1. The fraction of sp³-hybridized carbons (Fsp3) is 0.238. The van der Waals surface area contributed by atoms with Crippen LogP contribution in [0.2, 0.25) is 0 Å². The average molecular weight is 399 g/mol. The van der Waals surface area contributed by atoms with Gasteiger partial charge in [-0.15, -0.1) is 0 Å². The van der Waals surface area contributed by atoms with Crippen molar-refractivity contribution in [2.45, 2.75) is 20.0 Å². The van der Waals surface area contributed by atoms with E-state index in [0.717, 1.165) is 11.1 Å². The molecule has 28 heavy (non-hydrogen) atoms. The Bertz CT molecular complexity index is 932. The number of rotatable bonds is 9. The van der Waals surface area contributed by atoms with Crippen LogP contribution in [-0.2, 0) is 24.8 Å². The van der Waals surface area contributed by atoms with Crippen molar-refractivity contribution in [3.63, 3.8) is 0 Å². The minimum Gasteiger partial charge on any atom is -0.463 e. The summed E-state index contributed by atoms with van der Waals surface area (Å²) in [4.78, 5) is 11.5. The van der Waals surface area contributed by atoms with E-state index in [4.69, 9.17) is 13.8 Å². The van der Waals surface area contributed by atoms with Gasteiger partial charge in [0, 0.05) is 6.08 Å². The average Bonchev–Trinajstić information content (AvgIpc) is 2.67. The number of carbonyl (C=O) groups is 1. The molecule has 0 radical (unpaired) electrons. The van der Waals surface area contributed by atoms with E-state index >= 15 is 0 Å². The topological polar surface area (TPSA) is 85.6 Å². The van der Waals surface area contributed by atoms with E-state index in [1.165, 1.54) is 6.08 Å². The molecule has 1 atom stereocenters. The third kappa shape index (κ3) is 6.38. The van der Waals surface area contributed by atoms with Crippen molar-refractivity contribution in [3.05, 3.63) is 71.3 Å². The molecule has 0 aliphatic carbocycles. The van der Waals surface area contributed by atoms with Crippen molar-refractivity contribution in [2.75, 3.05) is 13.2 Å². The SMILES string of the molecule is CCOC(=O)/C=C/c1cccc(CP(=O)(OCC)Oc2ccccc2C#N)c1. The molecule has 6 nitrogen and oxygen atoms in total. The van der Waals surface area contributed by atoms with Crippen molar-refractivity contribution in [3.8, 4) is 11.8 Å². The van der Waals surface area contributed by atoms with Crippen molar-refractivity contribution >= 4 is 19.6 Å². The van der Waals surface area contributed by atoms with Crippen LogP contribution >= 0.6 is 7.60 Å². The van der Waals surface area contributed by atoms with Gasteiger partial charge in [0.1, 0.15) is 11.8 Å². The second-order valence-electron chi connectivity index (χ2n) is 5.72. The standard InChI is InChI=1S/C21H22NO5P/c1-3-25-21(23)13-12-17-8-7-9-18(14-17)16-28(24,26-4-2)27-20-11-6-5-10-19(20)15-22/h5-14H,3-4,16H2,1-2H3/b13-12+. The molecule has 0 spiro atoms. The molecule has 1 unspecified atom stereocenters. The highest BCUT2D eigenvalue weighted by Gasteiger charge is 2.27. The second-order valence-corrected chi connectivity index (χ2v) is 7.70. The number of hydrogen-bond acceptors (Lipinski definition) is 6. The van der Waals surface area contributed by atoms with Gasteiger partial charge in [0.2, 0.25) is 0 Å². The summed E-state index contributed by atoms with van der Waals surface area (Å²) >= 11 is 0. The van der Waals surface area contributed by atoms with Crippen molar-refractivity contribution in [1.29, 1.82) is 5.26 Å². The Kier molecular flexibility index (Phi) is 8.01. The van der Waals surface area contributed by atoms with E-state index in [9.17, 15) is 14.6 Å². The Balaban J connectivity index is 2.22. The van der Waals surface area contributed by atoms with Gasteiger partial charge in [0.25, 0.3) is 0 Å². The summed E-state index contributed by atoms with van der Waals surface area (Å²) in [6.07, 6.45) is 2.99. The van der Waals surface area contributed by atoms with Crippen LogP contribution in [0.5, 0.6) is 5.75 Å². The zero-order chi connectivity index (χ0) is 20.4. The molecule has 0 saturated heterocycles. The molecule has 0 amide bonds. The molecule has 0 heterocycles. The lowest BCUT2D eigenvalue weighted by Crippen LogP contribution is -2.03. The van der Waals surface area contributed by atoms with Crippen molar-refractivity contribution < 1.29 is 23.1 Å². The summed E-state index contributed by atoms with van der Waals surface area (Å²) in [6.45, 7) is 3.98. The van der Waals surface area contributed by atoms with E-state index in [0.29, 0.717) is 6.61 Å². The number of nitrogens with zero attached hydrogens (tertiary/aromatic N) is 1. The molecular weight excluding hydrogens is 377 g/mol. The summed E-state index contributed by atoms with van der Waals surface area (Å²) in [5.74, 6) is -0.204. The van der Waals surface area contributed by atoms with Crippen LogP contribution in [0.4, 0.5) is 0 Å². The normalized spacial score (nSPS) is 12.9. The predicted molar refractivity (Wildman–Crippen MR) is 107 cm³/mol. The molecule has 146 valence electrons. The monoisotopic (exact) mass is 399 g/mol. The maximum absolute atomic E-state index is 13.2. The molecular formula is C21H22NO5P. The van der Waals surface area contributed by atoms with Gasteiger partial charge in [-0.25, -0.2) is 9.36 Å². The number of ether oxygens (including phenoxy) is 1. The number of esters is 1. The summed E-state index contributed by atoms with van der Waals surface area (Å²) in [6, 6.07) is 15.8. The van der Waals surface area contributed by atoms with E-state index < -0.39 is 13.6 Å². The Labute approximate surface area is 164 Å². The summed E-state index contributed by atoms with van der Waals surface area (Å²) in [5.41, 5.74) is 1.76. The second kappa shape index (κ2) is 10.5. The van der Waals surface area contributed by atoms with Crippen LogP contribution in [0, 0.1) is 11.3 Å². The van der Waals surface area contributed by atoms with Gasteiger partial charge in [0.15, 0.2) is 0 Å². The molecule has 0 aliphatic rings. The molecule has 0 aromatic heterocycles. The third-order valence-electron chi connectivity index (χ3n) is 3.60. The first-order valence-electron chi connectivity index (χ1n) is 8.85. The first-order chi connectivity index (χ1) is 13.5. The minimum absolute atomic E-state index is 0.0295. The molecule has 0 fully saturated rings. The molecule has 0 saturated carbocycles. The molecule has 2 aromatic rings. The minimum atomic E-state index is -3.54. The fourth-order valence-electron chi connectivity index (χ4n) is 2.46. The van der Waals surface area contributed by atoms with Crippen LogP contribution in [0.3, 0.4) is 0 Å². The first-order valence-corrected chi connectivity index (χ1v) is 10.6. The summed E-state index contributed by atoms with van der Waals surface area (Å²) in [7, 11) is -3.54. The van der Waals surface area contributed by atoms with Gasteiger partial charge in [-0.1, -0.05) is 36.4 Å². The largest absolute Gasteiger partial charge is 0.463 e. The van der Waals surface area contributed by atoms with Crippen LogP contribution in [0.15, 0.2) is 54.6 Å². The lowest BCUT2D eigenvalue weighted by Gasteiger charge is -2.19. The first kappa shape index (κ1) is 21.4. The Morgan fingerprint density at radius 1 is 1.14 bits per heavy atom. The van der Waals surface area contributed by atoms with Crippen LogP contribution < -0.4 is 4.52 Å². The van der Waals surface area contributed by atoms with Gasteiger partial charge >= 0.3 is 13.6 Å². The smallest absolute Gasteiger partial charge is 0.383 e. The van der Waals surface area contributed by atoms with E-state index in [1.54, 1.807) is 62.4 Å². The van der Waals surface area contributed by atoms with Gasteiger partial charge in [0.05, 0.1) is 24.9 Å². The highest BCUT2D eigenvalue weighted by atomic mass is 31.2. The molecule has 2 rings (SSSR count). The zero-order valence-electron chi connectivity index (χ0n) is 15.8. The van der Waals surface area contributed by atoms with Crippen LogP contribution in [0.1, 0.15) is 30.5 Å². The fourth-order valence-corrected chi connectivity index (χ4v) is 4.17. The third-order valence-corrected chi connectivity index (χ3v) is 5.48. The maximum atomic E-state index is 13.2. The maximum Gasteiger partial charge on any atom is 0.383 e. The number of para-hydroxylation sites is 1. The Hall–Kier alpha value is -2.87. The van der Waals surface area contributed by atoms with E-state index in [-0.39, 0.29) is 24.1 Å². The number of nitriles is 1. The highest BCUT2D eigenvalue weighted by molar-refractivity contribution is 7.53.